The van der Waals surface area contributed by atoms with Gasteiger partial charge in [-0.15, -0.1) is 0 Å². The molecule has 0 bridgehead atoms. The van der Waals surface area contributed by atoms with Crippen molar-refractivity contribution in [2.75, 3.05) is 18.4 Å². The third-order valence-electron chi connectivity index (χ3n) is 5.05. The number of nitrogens with two attached hydrogens (primary N) is 1. The Hall–Kier alpha value is -2.93. The van der Waals surface area contributed by atoms with Crippen LogP contribution in [0.2, 0.25) is 0 Å². The highest BCUT2D eigenvalue weighted by molar-refractivity contribution is 5.92. The van der Waals surface area contributed by atoms with Crippen LogP contribution in [0.1, 0.15) is 19.8 Å². The van der Waals surface area contributed by atoms with E-state index in [4.69, 9.17) is 10.5 Å². The Labute approximate surface area is 163 Å². The number of hydrogen-bond donors (Lipinski definition) is 2. The van der Waals surface area contributed by atoms with Crippen LogP contribution in [0.25, 0.3) is 0 Å². The highest BCUT2D eigenvalue weighted by atomic mass is 19.1. The minimum Gasteiger partial charge on any atom is -0.454 e. The number of hydrogen-bond acceptors (Lipinski definition) is 4. The zero-order valence-electron chi connectivity index (χ0n) is 15.7. The van der Waals surface area contributed by atoms with Crippen LogP contribution in [0.3, 0.4) is 0 Å². The first-order chi connectivity index (χ1) is 13.4. The molecule has 3 rings (SSSR count). The quantitative estimate of drug-likeness (QED) is 0.800. The summed E-state index contributed by atoms with van der Waals surface area (Å²) in [7, 11) is 0. The number of para-hydroxylation sites is 1. The van der Waals surface area contributed by atoms with Gasteiger partial charge in [0.25, 0.3) is 0 Å². The van der Waals surface area contributed by atoms with Crippen molar-refractivity contribution in [1.29, 1.82) is 0 Å². The van der Waals surface area contributed by atoms with Crippen molar-refractivity contribution < 1.29 is 18.7 Å². The van der Waals surface area contributed by atoms with Crippen molar-refractivity contribution >= 4 is 17.5 Å². The Morgan fingerprint density at radius 2 is 1.79 bits per heavy atom. The lowest BCUT2D eigenvalue weighted by Crippen LogP contribution is -2.47. The average molecular weight is 385 g/mol. The van der Waals surface area contributed by atoms with Gasteiger partial charge in [0.05, 0.1) is 6.04 Å². The van der Waals surface area contributed by atoms with Crippen molar-refractivity contribution in [3.63, 3.8) is 0 Å². The monoisotopic (exact) mass is 385 g/mol. The van der Waals surface area contributed by atoms with Crippen LogP contribution in [0.15, 0.2) is 48.5 Å². The molecule has 1 atom stereocenters. The molecule has 0 unspecified atom stereocenters. The van der Waals surface area contributed by atoms with Gasteiger partial charge < -0.3 is 15.8 Å². The van der Waals surface area contributed by atoms with Crippen molar-refractivity contribution in [2.45, 2.75) is 25.8 Å². The molecular formula is C21H24FN3O3. The van der Waals surface area contributed by atoms with Crippen LogP contribution in [-0.2, 0) is 9.59 Å². The van der Waals surface area contributed by atoms with Crippen molar-refractivity contribution in [3.8, 4) is 11.5 Å². The second-order valence-electron chi connectivity index (χ2n) is 6.93. The molecule has 0 spiro atoms. The number of rotatable bonds is 6. The number of nitrogens with zero attached hydrogens (tertiary/aromatic N) is 1. The Bertz CT molecular complexity index is 833. The number of halogens is 1. The van der Waals surface area contributed by atoms with Gasteiger partial charge in [0.15, 0.2) is 11.6 Å². The molecule has 1 heterocycles. The van der Waals surface area contributed by atoms with Crippen LogP contribution >= 0.6 is 0 Å². The number of likely N-dealkylation sites (tertiary alicyclic amines) is 1. The van der Waals surface area contributed by atoms with E-state index in [1.165, 1.54) is 6.07 Å². The van der Waals surface area contributed by atoms with Crippen LogP contribution < -0.4 is 15.8 Å². The molecule has 0 radical (unpaired) electrons. The fourth-order valence-corrected chi connectivity index (χ4v) is 3.23. The first kappa shape index (κ1) is 19.8. The molecule has 148 valence electrons. The number of primary amides is 1. The smallest absolute Gasteiger partial charge is 0.234 e. The molecule has 1 aliphatic heterocycles. The number of carbonyl (C=O) groups is 2. The second-order valence-corrected chi connectivity index (χ2v) is 6.93. The largest absolute Gasteiger partial charge is 0.454 e. The van der Waals surface area contributed by atoms with Crippen LogP contribution in [-0.4, -0.2) is 35.8 Å². The molecule has 7 heteroatoms. The first-order valence-corrected chi connectivity index (χ1v) is 9.30. The minimum atomic E-state index is -0.433. The van der Waals surface area contributed by atoms with E-state index >= 15 is 0 Å². The molecule has 0 aliphatic carbocycles. The molecule has 1 saturated heterocycles. The molecule has 2 aromatic rings. The summed E-state index contributed by atoms with van der Waals surface area (Å²) in [6.07, 6.45) is 1.36. The molecule has 1 fully saturated rings. The van der Waals surface area contributed by atoms with Crippen LogP contribution in [0, 0.1) is 11.7 Å². The summed E-state index contributed by atoms with van der Waals surface area (Å²) in [4.78, 5) is 25.8. The summed E-state index contributed by atoms with van der Waals surface area (Å²) < 4.78 is 19.2. The number of carbonyl (C=O) groups excluding carboxylic acids is 2. The van der Waals surface area contributed by atoms with E-state index in [-0.39, 0.29) is 29.5 Å². The molecule has 3 N–H and O–H groups in total. The first-order valence-electron chi connectivity index (χ1n) is 9.30. The molecule has 1 aliphatic rings. The fourth-order valence-electron chi connectivity index (χ4n) is 3.23. The Balaban J connectivity index is 1.52. The number of benzene rings is 2. The molecule has 0 saturated carbocycles. The highest BCUT2D eigenvalue weighted by Crippen LogP contribution is 2.26. The lowest BCUT2D eigenvalue weighted by atomic mass is 9.95. The number of amides is 2. The predicted molar refractivity (Wildman–Crippen MR) is 104 cm³/mol. The summed E-state index contributed by atoms with van der Waals surface area (Å²) in [5.41, 5.74) is 5.99. The maximum absolute atomic E-state index is 13.6. The van der Waals surface area contributed by atoms with Gasteiger partial charge in [0, 0.05) is 11.6 Å². The van der Waals surface area contributed by atoms with Gasteiger partial charge in [-0.1, -0.05) is 12.1 Å². The van der Waals surface area contributed by atoms with E-state index in [9.17, 15) is 14.0 Å². The number of anilines is 1. The van der Waals surface area contributed by atoms with Gasteiger partial charge in [-0.05, 0) is 69.3 Å². The van der Waals surface area contributed by atoms with Gasteiger partial charge in [0.1, 0.15) is 5.75 Å². The summed E-state index contributed by atoms with van der Waals surface area (Å²) in [5.74, 6) is -0.301. The Morgan fingerprint density at radius 1 is 1.14 bits per heavy atom. The normalized spacial score (nSPS) is 16.4. The molecule has 2 amide bonds. The van der Waals surface area contributed by atoms with Crippen LogP contribution in [0.5, 0.6) is 11.5 Å². The number of piperidine rings is 1. The summed E-state index contributed by atoms with van der Waals surface area (Å²) in [6.45, 7) is 3.11. The minimum absolute atomic E-state index is 0.0471. The van der Waals surface area contributed by atoms with E-state index in [0.717, 1.165) is 0 Å². The molecule has 28 heavy (non-hydrogen) atoms. The standard InChI is InChI=1S/C21H24FN3O3/c1-14(20(23)26)25-12-10-15(11-13-25)21(27)24-16-6-8-17(9-7-16)28-19-5-3-2-4-18(19)22/h2-9,14-15H,10-13H2,1H3,(H2,23,26)(H,24,27)/t14-/m1/s1. The van der Waals surface area contributed by atoms with Crippen molar-refractivity contribution in [1.82, 2.24) is 4.90 Å². The lowest BCUT2D eigenvalue weighted by molar-refractivity contribution is -0.124. The zero-order valence-corrected chi connectivity index (χ0v) is 15.7. The van der Waals surface area contributed by atoms with Gasteiger partial charge in [-0.3, -0.25) is 14.5 Å². The fraction of sp³-hybridized carbons (Fsp3) is 0.333. The maximum atomic E-state index is 13.6. The van der Waals surface area contributed by atoms with E-state index in [2.05, 4.69) is 5.32 Å². The van der Waals surface area contributed by atoms with Gasteiger partial charge in [0.2, 0.25) is 11.8 Å². The third-order valence-corrected chi connectivity index (χ3v) is 5.05. The summed E-state index contributed by atoms with van der Waals surface area (Å²) >= 11 is 0. The Kier molecular flexibility index (Phi) is 6.26. The van der Waals surface area contributed by atoms with E-state index in [0.29, 0.717) is 37.4 Å². The van der Waals surface area contributed by atoms with E-state index in [1.807, 2.05) is 4.90 Å². The topological polar surface area (TPSA) is 84.7 Å². The summed E-state index contributed by atoms with van der Waals surface area (Å²) in [5, 5.41) is 2.90. The van der Waals surface area contributed by atoms with E-state index in [1.54, 1.807) is 49.4 Å². The molecule has 6 nitrogen and oxygen atoms in total. The second kappa shape index (κ2) is 8.84. The third kappa shape index (κ3) is 4.86. The highest BCUT2D eigenvalue weighted by Gasteiger charge is 2.28. The number of ether oxygens (including phenoxy) is 1. The van der Waals surface area contributed by atoms with Gasteiger partial charge in [-0.25, -0.2) is 4.39 Å². The lowest BCUT2D eigenvalue weighted by Gasteiger charge is -2.34. The SMILES string of the molecule is C[C@H](C(N)=O)N1CCC(C(=O)Nc2ccc(Oc3ccccc3F)cc2)CC1. The van der Waals surface area contributed by atoms with Gasteiger partial charge >= 0.3 is 0 Å². The summed E-state index contributed by atoms with van der Waals surface area (Å²) in [6, 6.07) is 12.7. The predicted octanol–water partition coefficient (Wildman–Crippen LogP) is 3.14. The van der Waals surface area contributed by atoms with Crippen molar-refractivity contribution in [2.24, 2.45) is 11.7 Å². The average Bonchev–Trinajstić information content (AvgIpc) is 2.70. The number of nitrogens with one attached hydrogen (secondary N) is 1. The van der Waals surface area contributed by atoms with E-state index < -0.39 is 5.82 Å². The maximum Gasteiger partial charge on any atom is 0.234 e. The zero-order chi connectivity index (χ0) is 20.1. The Morgan fingerprint density at radius 3 is 2.39 bits per heavy atom. The molecule has 2 aromatic carbocycles. The van der Waals surface area contributed by atoms with Gasteiger partial charge in [-0.2, -0.15) is 0 Å². The van der Waals surface area contributed by atoms with Crippen molar-refractivity contribution in [3.05, 3.63) is 54.3 Å². The molecular weight excluding hydrogens is 361 g/mol. The van der Waals surface area contributed by atoms with Crippen LogP contribution in [0.4, 0.5) is 10.1 Å². The molecule has 0 aromatic heterocycles.